The van der Waals surface area contributed by atoms with Crippen LogP contribution >= 0.6 is 0 Å². The number of nitrogens with one attached hydrogen (secondary N) is 1. The molecule has 0 saturated carbocycles. The smallest absolute Gasteiger partial charge is 0.414 e. The normalized spacial score (nSPS) is 21.9. The number of nitrogens with zero attached hydrogens (tertiary/aromatic N) is 4. The van der Waals surface area contributed by atoms with Crippen LogP contribution in [0.5, 0.6) is 0 Å². The van der Waals surface area contributed by atoms with E-state index in [2.05, 4.69) is 10.4 Å². The van der Waals surface area contributed by atoms with E-state index in [0.29, 0.717) is 25.2 Å². The summed E-state index contributed by atoms with van der Waals surface area (Å²) in [6.45, 7) is 8.40. The van der Waals surface area contributed by atoms with Crippen molar-refractivity contribution in [2.24, 2.45) is 0 Å². The first-order chi connectivity index (χ1) is 15.2. The zero-order valence-electron chi connectivity index (χ0n) is 19.0. The average Bonchev–Trinajstić information content (AvgIpc) is 3.22. The van der Waals surface area contributed by atoms with Gasteiger partial charge in [0.05, 0.1) is 29.7 Å². The number of aromatic nitrogens is 2. The Balaban J connectivity index is 1.69. The molecule has 1 aromatic carbocycles. The lowest BCUT2D eigenvalue weighted by molar-refractivity contribution is -0.123. The number of amides is 2. The Hall–Kier alpha value is -3.07. The summed E-state index contributed by atoms with van der Waals surface area (Å²) in [5.74, 6) is 0.0405. The van der Waals surface area contributed by atoms with Crippen molar-refractivity contribution in [3.05, 3.63) is 30.6 Å². The fourth-order valence-corrected chi connectivity index (χ4v) is 4.51. The van der Waals surface area contributed by atoms with E-state index in [4.69, 9.17) is 4.74 Å². The minimum atomic E-state index is -0.696. The van der Waals surface area contributed by atoms with Crippen LogP contribution in [0.15, 0.2) is 30.6 Å². The van der Waals surface area contributed by atoms with E-state index in [1.54, 1.807) is 18.0 Å². The molecule has 2 aliphatic rings. The van der Waals surface area contributed by atoms with Crippen molar-refractivity contribution in [3.63, 3.8) is 0 Å². The van der Waals surface area contributed by atoms with E-state index >= 15 is 0 Å². The van der Waals surface area contributed by atoms with Crippen molar-refractivity contribution < 1.29 is 19.4 Å². The lowest BCUT2D eigenvalue weighted by Crippen LogP contribution is -2.53. The van der Waals surface area contributed by atoms with Crippen LogP contribution in [0.1, 0.15) is 46.6 Å². The Morgan fingerprint density at radius 3 is 2.72 bits per heavy atom. The average molecular weight is 442 g/mol. The molecule has 3 heterocycles. The van der Waals surface area contributed by atoms with Crippen molar-refractivity contribution in [1.29, 1.82) is 0 Å². The van der Waals surface area contributed by atoms with Gasteiger partial charge in [0.25, 0.3) is 0 Å². The van der Waals surface area contributed by atoms with Gasteiger partial charge in [0.2, 0.25) is 5.91 Å². The first kappa shape index (κ1) is 22.1. The van der Waals surface area contributed by atoms with E-state index < -0.39 is 12.3 Å². The maximum absolute atomic E-state index is 12.9. The van der Waals surface area contributed by atoms with Crippen LogP contribution in [0.4, 0.5) is 16.2 Å². The topological polar surface area (TPSA) is 99.9 Å². The molecule has 0 spiro atoms. The summed E-state index contributed by atoms with van der Waals surface area (Å²) in [7, 11) is 0. The van der Waals surface area contributed by atoms with Crippen molar-refractivity contribution in [3.8, 4) is 11.1 Å². The molecule has 9 heteroatoms. The van der Waals surface area contributed by atoms with Gasteiger partial charge in [-0.05, 0) is 51.8 Å². The largest absolute Gasteiger partial charge is 0.446 e. The van der Waals surface area contributed by atoms with Gasteiger partial charge in [-0.2, -0.15) is 5.10 Å². The number of aliphatic hydroxyl groups is 1. The highest BCUT2D eigenvalue weighted by Gasteiger charge is 2.35. The van der Waals surface area contributed by atoms with Gasteiger partial charge in [-0.1, -0.05) is 6.07 Å². The van der Waals surface area contributed by atoms with Gasteiger partial charge in [-0.25, -0.2) is 4.79 Å². The molecule has 2 amide bonds. The third kappa shape index (κ3) is 4.29. The SMILES string of the molecule is CC(C)OC(=O)N1C[C@H](C)N(C(C)O)c2ccc(-c3cnn(C4CCNC(=O)C4)c3)cc21. The highest BCUT2D eigenvalue weighted by atomic mass is 16.6. The number of aliphatic hydroxyl groups excluding tert-OH is 1. The Morgan fingerprint density at radius 1 is 1.25 bits per heavy atom. The highest BCUT2D eigenvalue weighted by molar-refractivity contribution is 5.95. The van der Waals surface area contributed by atoms with Gasteiger partial charge < -0.3 is 20.1 Å². The van der Waals surface area contributed by atoms with Crippen LogP contribution in [-0.2, 0) is 9.53 Å². The summed E-state index contributed by atoms with van der Waals surface area (Å²) in [6, 6.07) is 5.79. The fourth-order valence-electron chi connectivity index (χ4n) is 4.51. The van der Waals surface area contributed by atoms with Crippen LogP contribution in [0.2, 0.25) is 0 Å². The molecule has 2 aromatic rings. The van der Waals surface area contributed by atoms with E-state index in [1.807, 2.05) is 54.7 Å². The molecule has 172 valence electrons. The molecule has 1 saturated heterocycles. The molecule has 0 aliphatic carbocycles. The first-order valence-electron chi connectivity index (χ1n) is 11.1. The van der Waals surface area contributed by atoms with E-state index in [9.17, 15) is 14.7 Å². The zero-order valence-corrected chi connectivity index (χ0v) is 19.0. The summed E-state index contributed by atoms with van der Waals surface area (Å²) in [5.41, 5.74) is 3.27. The second kappa shape index (κ2) is 8.82. The van der Waals surface area contributed by atoms with Crippen molar-refractivity contribution in [2.45, 2.75) is 65.0 Å². The molecular weight excluding hydrogens is 410 g/mol. The summed E-state index contributed by atoms with van der Waals surface area (Å²) in [6.07, 6.45) is 3.65. The number of rotatable bonds is 4. The highest BCUT2D eigenvalue weighted by Crippen LogP contribution is 2.40. The number of fused-ring (bicyclic) bond motifs is 1. The Labute approximate surface area is 187 Å². The minimum absolute atomic E-state index is 0.0405. The lowest BCUT2D eigenvalue weighted by Gasteiger charge is -2.43. The first-order valence-corrected chi connectivity index (χ1v) is 11.1. The molecule has 0 radical (unpaired) electrons. The van der Waals surface area contributed by atoms with Gasteiger partial charge in [-0.15, -0.1) is 0 Å². The van der Waals surface area contributed by atoms with Gasteiger partial charge >= 0.3 is 6.09 Å². The maximum atomic E-state index is 12.9. The molecule has 9 nitrogen and oxygen atoms in total. The minimum Gasteiger partial charge on any atom is -0.446 e. The van der Waals surface area contributed by atoms with Gasteiger partial charge in [0, 0.05) is 37.3 Å². The summed E-state index contributed by atoms with van der Waals surface area (Å²) in [4.78, 5) is 28.1. The summed E-state index contributed by atoms with van der Waals surface area (Å²) in [5, 5.41) is 17.7. The molecule has 0 bridgehead atoms. The Morgan fingerprint density at radius 2 is 2.03 bits per heavy atom. The van der Waals surface area contributed by atoms with Crippen molar-refractivity contribution >= 4 is 23.4 Å². The van der Waals surface area contributed by atoms with E-state index in [0.717, 1.165) is 23.2 Å². The number of carbonyl (C=O) groups is 2. The maximum Gasteiger partial charge on any atom is 0.414 e. The van der Waals surface area contributed by atoms with E-state index in [-0.39, 0.29) is 24.1 Å². The third-order valence-corrected chi connectivity index (χ3v) is 5.96. The van der Waals surface area contributed by atoms with Gasteiger partial charge in [0.1, 0.15) is 6.23 Å². The molecule has 2 unspecified atom stereocenters. The van der Waals surface area contributed by atoms with Crippen LogP contribution in [0.25, 0.3) is 11.1 Å². The van der Waals surface area contributed by atoms with Crippen LogP contribution < -0.4 is 15.1 Å². The molecular formula is C23H31N5O4. The van der Waals surface area contributed by atoms with Crippen LogP contribution in [-0.4, -0.2) is 58.4 Å². The molecule has 2 aliphatic heterocycles. The Bertz CT molecular complexity index is 1000. The number of hydrogen-bond acceptors (Lipinski definition) is 6. The second-order valence-electron chi connectivity index (χ2n) is 8.84. The van der Waals surface area contributed by atoms with Crippen LogP contribution in [0, 0.1) is 0 Å². The quantitative estimate of drug-likeness (QED) is 0.757. The van der Waals surface area contributed by atoms with Gasteiger partial charge in [0.15, 0.2) is 0 Å². The third-order valence-electron chi connectivity index (χ3n) is 5.96. The van der Waals surface area contributed by atoms with Gasteiger partial charge in [-0.3, -0.25) is 14.4 Å². The molecule has 2 N–H and O–H groups in total. The lowest BCUT2D eigenvalue weighted by atomic mass is 10.0. The molecule has 4 rings (SSSR count). The molecule has 32 heavy (non-hydrogen) atoms. The number of carbonyl (C=O) groups excluding carboxylic acids is 2. The van der Waals surface area contributed by atoms with Crippen molar-refractivity contribution in [1.82, 2.24) is 15.1 Å². The predicted molar refractivity (Wildman–Crippen MR) is 122 cm³/mol. The van der Waals surface area contributed by atoms with Crippen molar-refractivity contribution in [2.75, 3.05) is 22.9 Å². The van der Waals surface area contributed by atoms with Crippen LogP contribution in [0.3, 0.4) is 0 Å². The molecule has 3 atom stereocenters. The summed E-state index contributed by atoms with van der Waals surface area (Å²) >= 11 is 0. The summed E-state index contributed by atoms with van der Waals surface area (Å²) < 4.78 is 7.33. The monoisotopic (exact) mass is 441 g/mol. The number of piperidine rings is 1. The fraction of sp³-hybridized carbons (Fsp3) is 0.522. The zero-order chi connectivity index (χ0) is 23.0. The van der Waals surface area contributed by atoms with E-state index in [1.165, 1.54) is 0 Å². The number of benzene rings is 1. The number of hydrogen-bond donors (Lipinski definition) is 2. The molecule has 1 fully saturated rings. The molecule has 1 aromatic heterocycles. The standard InChI is InChI=1S/C23H31N5O4/c1-14(2)32-23(31)26-12-15(3)28(16(4)29)20-6-5-17(9-21(20)26)18-11-25-27(13-18)19-7-8-24-22(30)10-19/h5-6,9,11,13-16,19,29H,7-8,10,12H2,1-4H3,(H,24,30)/t15-,16?,19?/m0/s1. The number of ether oxygens (including phenoxy) is 1. The number of anilines is 2. The Kier molecular flexibility index (Phi) is 6.10. The predicted octanol–water partition coefficient (Wildman–Crippen LogP) is 2.90. The second-order valence-corrected chi connectivity index (χ2v) is 8.84.